The first-order chi connectivity index (χ1) is 13.1. The van der Waals surface area contributed by atoms with Crippen molar-refractivity contribution in [3.8, 4) is 0 Å². The van der Waals surface area contributed by atoms with Crippen molar-refractivity contribution in [3.63, 3.8) is 0 Å². The van der Waals surface area contributed by atoms with Gasteiger partial charge in [-0.25, -0.2) is 4.68 Å². The van der Waals surface area contributed by atoms with Crippen LogP contribution in [0.3, 0.4) is 0 Å². The van der Waals surface area contributed by atoms with Crippen molar-refractivity contribution in [2.45, 2.75) is 19.9 Å². The minimum absolute atomic E-state index is 0.190. The monoisotopic (exact) mass is 410 g/mol. The molecular formula is C19H24Cl2N4O2. The van der Waals surface area contributed by atoms with E-state index < -0.39 is 0 Å². The lowest BCUT2D eigenvalue weighted by Gasteiger charge is -2.26. The molecule has 8 heteroatoms. The van der Waals surface area contributed by atoms with E-state index in [2.05, 4.69) is 15.3 Å². The lowest BCUT2D eigenvalue weighted by atomic mass is 10.2. The largest absolute Gasteiger partial charge is 0.379 e. The van der Waals surface area contributed by atoms with Crippen LogP contribution < -0.4 is 5.32 Å². The first-order valence-electron chi connectivity index (χ1n) is 9.11. The summed E-state index contributed by atoms with van der Waals surface area (Å²) in [6.07, 6.45) is 0.885. The number of rotatable bonds is 7. The summed E-state index contributed by atoms with van der Waals surface area (Å²) in [5.41, 5.74) is 1.94. The second-order valence-corrected chi connectivity index (χ2v) is 7.33. The molecule has 0 radical (unpaired) electrons. The third-order valence-electron chi connectivity index (χ3n) is 4.61. The molecule has 1 fully saturated rings. The molecule has 1 N–H and O–H groups in total. The Bertz CT molecular complexity index is 788. The number of amides is 1. The first-order valence-corrected chi connectivity index (χ1v) is 9.86. The van der Waals surface area contributed by atoms with Crippen molar-refractivity contribution in [1.82, 2.24) is 20.0 Å². The summed E-state index contributed by atoms with van der Waals surface area (Å²) in [7, 11) is 0. The fraction of sp³-hybridized carbons (Fsp3) is 0.474. The van der Waals surface area contributed by atoms with E-state index in [4.69, 9.17) is 27.9 Å². The number of carbonyl (C=O) groups is 1. The quantitative estimate of drug-likeness (QED) is 0.712. The Morgan fingerprint density at radius 3 is 2.74 bits per heavy atom. The minimum Gasteiger partial charge on any atom is -0.379 e. The Balaban J connectivity index is 1.56. The predicted molar refractivity (Wildman–Crippen MR) is 107 cm³/mol. The molecule has 0 atom stereocenters. The molecule has 1 saturated heterocycles. The van der Waals surface area contributed by atoms with Gasteiger partial charge in [-0.1, -0.05) is 41.4 Å². The number of nitrogens with one attached hydrogen (secondary N) is 1. The predicted octanol–water partition coefficient (Wildman–Crippen LogP) is 3.00. The highest BCUT2D eigenvalue weighted by Gasteiger charge is 2.20. The number of ether oxygens (including phenoxy) is 1. The average Bonchev–Trinajstić information content (AvgIpc) is 2.95. The maximum Gasteiger partial charge on any atom is 0.256 e. The molecular weight excluding hydrogens is 387 g/mol. The number of aryl methyl sites for hydroxylation is 1. The molecule has 0 aliphatic carbocycles. The minimum atomic E-state index is -0.190. The molecule has 1 amide bonds. The summed E-state index contributed by atoms with van der Waals surface area (Å²) in [6.45, 7) is 7.23. The van der Waals surface area contributed by atoms with Crippen LogP contribution in [-0.2, 0) is 11.3 Å². The average molecular weight is 411 g/mol. The zero-order valence-electron chi connectivity index (χ0n) is 15.4. The second-order valence-electron chi connectivity index (χ2n) is 6.56. The van der Waals surface area contributed by atoms with Crippen LogP contribution in [0.1, 0.15) is 28.0 Å². The normalized spacial score (nSPS) is 15.1. The molecule has 6 nitrogen and oxygen atoms in total. The van der Waals surface area contributed by atoms with Gasteiger partial charge in [0.2, 0.25) is 0 Å². The summed E-state index contributed by atoms with van der Waals surface area (Å²) < 4.78 is 6.95. The van der Waals surface area contributed by atoms with Gasteiger partial charge in [0.25, 0.3) is 5.91 Å². The van der Waals surface area contributed by atoms with Crippen molar-refractivity contribution in [2.24, 2.45) is 0 Å². The van der Waals surface area contributed by atoms with Gasteiger partial charge in [-0.05, 0) is 31.5 Å². The number of hydrogen-bond acceptors (Lipinski definition) is 4. The molecule has 1 aromatic carbocycles. The van der Waals surface area contributed by atoms with Gasteiger partial charge < -0.3 is 10.1 Å². The zero-order chi connectivity index (χ0) is 19.2. The summed E-state index contributed by atoms with van der Waals surface area (Å²) in [4.78, 5) is 14.9. The van der Waals surface area contributed by atoms with Crippen molar-refractivity contribution in [3.05, 3.63) is 51.3 Å². The Kier molecular flexibility index (Phi) is 7.13. The highest BCUT2D eigenvalue weighted by molar-refractivity contribution is 6.33. The molecule has 146 valence electrons. The first kappa shape index (κ1) is 20.1. The topological polar surface area (TPSA) is 59.4 Å². The molecule has 1 aliphatic rings. The number of morpholine rings is 1. The zero-order valence-corrected chi connectivity index (χ0v) is 16.9. The van der Waals surface area contributed by atoms with E-state index in [0.29, 0.717) is 34.5 Å². The van der Waals surface area contributed by atoms with Gasteiger partial charge in [0.05, 0.1) is 31.0 Å². The van der Waals surface area contributed by atoms with Gasteiger partial charge in [0.1, 0.15) is 5.15 Å². The highest BCUT2D eigenvalue weighted by Crippen LogP contribution is 2.23. The standard InChI is InChI=1S/C19H24Cl2N4O2/c1-14-17(19(26)22-7-4-8-24-9-11-27-12-10-24)18(21)25(23-14)13-15-5-2-3-6-16(15)20/h2-3,5-6H,4,7-13H2,1H3,(H,22,26). The van der Waals surface area contributed by atoms with Crippen LogP contribution in [0.15, 0.2) is 24.3 Å². The number of halogens is 2. The van der Waals surface area contributed by atoms with Crippen LogP contribution in [-0.4, -0.2) is 60.0 Å². The van der Waals surface area contributed by atoms with Gasteiger partial charge in [-0.3, -0.25) is 9.69 Å². The van der Waals surface area contributed by atoms with Crippen LogP contribution in [0.4, 0.5) is 0 Å². The summed E-state index contributed by atoms with van der Waals surface area (Å²) in [5, 5.41) is 8.34. The number of aromatic nitrogens is 2. The SMILES string of the molecule is Cc1nn(Cc2ccccc2Cl)c(Cl)c1C(=O)NCCCN1CCOCC1. The van der Waals surface area contributed by atoms with Gasteiger partial charge in [-0.2, -0.15) is 5.10 Å². The number of carbonyl (C=O) groups excluding carboxylic acids is 1. The third-order valence-corrected chi connectivity index (χ3v) is 5.36. The van der Waals surface area contributed by atoms with Crippen molar-refractivity contribution < 1.29 is 9.53 Å². The summed E-state index contributed by atoms with van der Waals surface area (Å²) in [5.74, 6) is -0.190. The van der Waals surface area contributed by atoms with E-state index in [1.165, 1.54) is 0 Å². The molecule has 1 aliphatic heterocycles. The molecule has 1 aromatic heterocycles. The van der Waals surface area contributed by atoms with Gasteiger partial charge in [-0.15, -0.1) is 0 Å². The van der Waals surface area contributed by atoms with Crippen LogP contribution in [0.25, 0.3) is 0 Å². The number of benzene rings is 1. The fourth-order valence-electron chi connectivity index (χ4n) is 3.12. The van der Waals surface area contributed by atoms with E-state index in [-0.39, 0.29) is 5.91 Å². The summed E-state index contributed by atoms with van der Waals surface area (Å²) in [6, 6.07) is 7.52. The maximum absolute atomic E-state index is 12.6. The Labute approximate surface area is 169 Å². The summed E-state index contributed by atoms with van der Waals surface area (Å²) >= 11 is 12.6. The Morgan fingerprint density at radius 1 is 1.26 bits per heavy atom. The maximum atomic E-state index is 12.6. The Morgan fingerprint density at radius 2 is 2.00 bits per heavy atom. The van der Waals surface area contributed by atoms with Gasteiger partial charge >= 0.3 is 0 Å². The molecule has 0 spiro atoms. The molecule has 3 rings (SSSR count). The number of hydrogen-bond donors (Lipinski definition) is 1. The highest BCUT2D eigenvalue weighted by atomic mass is 35.5. The van der Waals surface area contributed by atoms with Crippen LogP contribution in [0.5, 0.6) is 0 Å². The second kappa shape index (κ2) is 9.55. The van der Waals surface area contributed by atoms with E-state index in [1.54, 1.807) is 11.6 Å². The molecule has 0 unspecified atom stereocenters. The molecule has 2 aromatic rings. The fourth-order valence-corrected chi connectivity index (χ4v) is 3.64. The van der Waals surface area contributed by atoms with Crippen LogP contribution in [0.2, 0.25) is 10.2 Å². The van der Waals surface area contributed by atoms with Crippen molar-refractivity contribution in [1.29, 1.82) is 0 Å². The molecule has 2 heterocycles. The van der Waals surface area contributed by atoms with Crippen LogP contribution in [0, 0.1) is 6.92 Å². The van der Waals surface area contributed by atoms with E-state index >= 15 is 0 Å². The van der Waals surface area contributed by atoms with E-state index in [9.17, 15) is 4.79 Å². The third kappa shape index (κ3) is 5.23. The van der Waals surface area contributed by atoms with Crippen molar-refractivity contribution in [2.75, 3.05) is 39.4 Å². The van der Waals surface area contributed by atoms with Crippen molar-refractivity contribution >= 4 is 29.1 Å². The van der Waals surface area contributed by atoms with Gasteiger partial charge in [0.15, 0.2) is 0 Å². The smallest absolute Gasteiger partial charge is 0.256 e. The Hall–Kier alpha value is -1.60. The lowest BCUT2D eigenvalue weighted by Crippen LogP contribution is -2.38. The molecule has 27 heavy (non-hydrogen) atoms. The lowest BCUT2D eigenvalue weighted by molar-refractivity contribution is 0.0374. The van der Waals surface area contributed by atoms with Gasteiger partial charge in [0, 0.05) is 24.7 Å². The van der Waals surface area contributed by atoms with E-state index in [1.807, 2.05) is 24.3 Å². The molecule has 0 bridgehead atoms. The van der Waals surface area contributed by atoms with E-state index in [0.717, 1.165) is 44.8 Å². The number of nitrogens with zero attached hydrogens (tertiary/aromatic N) is 3. The van der Waals surface area contributed by atoms with Crippen LogP contribution >= 0.6 is 23.2 Å². The molecule has 0 saturated carbocycles.